The highest BCUT2D eigenvalue weighted by molar-refractivity contribution is 6.04. The number of benzene rings is 2. The molecule has 7 heteroatoms. The van der Waals surface area contributed by atoms with Crippen molar-refractivity contribution >= 4 is 34.1 Å². The van der Waals surface area contributed by atoms with Crippen molar-refractivity contribution in [1.82, 2.24) is 9.13 Å². The molecule has 2 heterocycles. The van der Waals surface area contributed by atoms with E-state index in [2.05, 4.69) is 21.6 Å². The lowest BCUT2D eigenvalue weighted by molar-refractivity contribution is 0.262. The number of carbonyl (C=O) groups excluding carboxylic acids is 1. The van der Waals surface area contributed by atoms with Crippen LogP contribution in [0.5, 0.6) is 0 Å². The molecule has 0 radical (unpaired) electrons. The van der Waals surface area contributed by atoms with E-state index >= 15 is 0 Å². The van der Waals surface area contributed by atoms with Gasteiger partial charge in [0.2, 0.25) is 0 Å². The Kier molecular flexibility index (Phi) is 6.26. The molecule has 0 atom stereocenters. The number of hydrogen-bond acceptors (Lipinski definition) is 3. The quantitative estimate of drug-likeness (QED) is 0.586. The Morgan fingerprint density at radius 1 is 0.875 bits per heavy atom. The monoisotopic (exact) mass is 435 g/mol. The Balaban J connectivity index is 1.75. The summed E-state index contributed by atoms with van der Waals surface area (Å²) in [5.74, 6) is 0. The first kappa shape index (κ1) is 22.0. The van der Waals surface area contributed by atoms with Gasteiger partial charge in [0.15, 0.2) is 0 Å². The second-order valence-electron chi connectivity index (χ2n) is 8.57. The van der Waals surface area contributed by atoms with E-state index in [1.807, 2.05) is 56.5 Å². The summed E-state index contributed by atoms with van der Waals surface area (Å²) < 4.78 is 3.58. The van der Waals surface area contributed by atoms with Crippen molar-refractivity contribution in [2.24, 2.45) is 0 Å². The number of carbonyl (C=O) groups is 1. The summed E-state index contributed by atoms with van der Waals surface area (Å²) in [6.45, 7) is 11.1. The molecule has 1 aromatic heterocycles. The molecule has 1 aliphatic rings. The fourth-order valence-corrected chi connectivity index (χ4v) is 4.69. The molecule has 1 aliphatic heterocycles. The first-order valence-corrected chi connectivity index (χ1v) is 11.6. The number of nitrogens with one attached hydrogen (secondary N) is 2. The highest BCUT2D eigenvalue weighted by Crippen LogP contribution is 2.33. The van der Waals surface area contributed by atoms with Crippen LogP contribution in [0.1, 0.15) is 44.2 Å². The van der Waals surface area contributed by atoms with Crippen molar-refractivity contribution in [1.29, 1.82) is 0 Å². The summed E-state index contributed by atoms with van der Waals surface area (Å²) in [5, 5.41) is 6.05. The molecule has 0 bridgehead atoms. The molecule has 7 nitrogen and oxygen atoms in total. The van der Waals surface area contributed by atoms with Crippen LogP contribution in [0, 0.1) is 13.8 Å². The first-order valence-electron chi connectivity index (χ1n) is 11.6. The topological polar surface area (TPSA) is 71.3 Å². The van der Waals surface area contributed by atoms with Crippen molar-refractivity contribution in [2.75, 3.05) is 28.6 Å². The maximum Gasteiger partial charge on any atom is 0.329 e. The second-order valence-corrected chi connectivity index (χ2v) is 8.57. The van der Waals surface area contributed by atoms with Crippen molar-refractivity contribution in [2.45, 2.75) is 60.0 Å². The van der Waals surface area contributed by atoms with Crippen LogP contribution in [0.15, 0.2) is 35.1 Å². The van der Waals surface area contributed by atoms with Crippen LogP contribution in [0.3, 0.4) is 0 Å². The third kappa shape index (κ3) is 4.11. The maximum atomic E-state index is 13.0. The lowest BCUT2D eigenvalue weighted by Gasteiger charge is -2.31. The number of aromatic nitrogens is 2. The molecule has 1 fully saturated rings. The van der Waals surface area contributed by atoms with E-state index in [0.717, 1.165) is 65.2 Å². The third-order valence-electron chi connectivity index (χ3n) is 6.34. The Morgan fingerprint density at radius 2 is 1.50 bits per heavy atom. The minimum atomic E-state index is -0.283. The van der Waals surface area contributed by atoms with Gasteiger partial charge in [0.25, 0.3) is 0 Å². The number of imidazole rings is 1. The molecule has 0 unspecified atom stereocenters. The van der Waals surface area contributed by atoms with Crippen LogP contribution in [0.2, 0.25) is 0 Å². The standard InChI is InChI=1S/C25H33N5O2/c1-5-29-22-15-20(27-24(31)26-19-11-10-17(3)14-18(19)4)21(28-12-8-7-9-13-28)16-23(22)30(6-2)25(29)32/h10-11,14-16H,5-9,12-13H2,1-4H3,(H2,26,27,31). The van der Waals surface area contributed by atoms with Gasteiger partial charge in [0, 0.05) is 31.9 Å². The van der Waals surface area contributed by atoms with Crippen molar-refractivity contribution < 1.29 is 4.79 Å². The molecular formula is C25H33N5O2. The lowest BCUT2D eigenvalue weighted by Crippen LogP contribution is -2.31. The zero-order chi connectivity index (χ0) is 22.8. The van der Waals surface area contributed by atoms with Gasteiger partial charge in [0.05, 0.1) is 22.4 Å². The fourth-order valence-electron chi connectivity index (χ4n) is 4.69. The predicted octanol–water partition coefficient (Wildman–Crippen LogP) is 5.09. The molecule has 0 spiro atoms. The van der Waals surface area contributed by atoms with Gasteiger partial charge in [-0.3, -0.25) is 9.13 Å². The summed E-state index contributed by atoms with van der Waals surface area (Å²) in [6, 6.07) is 9.71. The van der Waals surface area contributed by atoms with E-state index in [9.17, 15) is 9.59 Å². The summed E-state index contributed by atoms with van der Waals surface area (Å²) in [6.07, 6.45) is 3.48. The van der Waals surface area contributed by atoms with Gasteiger partial charge < -0.3 is 15.5 Å². The Morgan fingerprint density at radius 3 is 2.12 bits per heavy atom. The molecule has 1 saturated heterocycles. The summed E-state index contributed by atoms with van der Waals surface area (Å²) in [7, 11) is 0. The van der Waals surface area contributed by atoms with Crippen molar-refractivity contribution in [3.05, 3.63) is 51.9 Å². The van der Waals surface area contributed by atoms with Crippen LogP contribution < -0.4 is 21.2 Å². The summed E-state index contributed by atoms with van der Waals surface area (Å²) in [4.78, 5) is 28.2. The van der Waals surface area contributed by atoms with Gasteiger partial charge in [-0.25, -0.2) is 9.59 Å². The van der Waals surface area contributed by atoms with Crippen LogP contribution in [-0.2, 0) is 13.1 Å². The minimum Gasteiger partial charge on any atom is -0.370 e. The molecule has 2 N–H and O–H groups in total. The zero-order valence-corrected chi connectivity index (χ0v) is 19.5. The van der Waals surface area contributed by atoms with Crippen LogP contribution in [0.4, 0.5) is 21.9 Å². The number of urea groups is 1. The van der Waals surface area contributed by atoms with Gasteiger partial charge in [-0.2, -0.15) is 0 Å². The molecule has 2 amide bonds. The van der Waals surface area contributed by atoms with E-state index in [1.165, 1.54) is 6.42 Å². The number of aryl methyl sites for hydroxylation is 4. The average molecular weight is 436 g/mol. The molecule has 0 saturated carbocycles. The van der Waals surface area contributed by atoms with Gasteiger partial charge in [-0.15, -0.1) is 0 Å². The third-order valence-corrected chi connectivity index (χ3v) is 6.34. The summed E-state index contributed by atoms with van der Waals surface area (Å²) >= 11 is 0. The number of nitrogens with zero attached hydrogens (tertiary/aromatic N) is 3. The fraction of sp³-hybridized carbons (Fsp3) is 0.440. The summed E-state index contributed by atoms with van der Waals surface area (Å²) in [5.41, 5.74) is 6.43. The Labute approximate surface area is 189 Å². The van der Waals surface area contributed by atoms with E-state index in [4.69, 9.17) is 0 Å². The van der Waals surface area contributed by atoms with Crippen LogP contribution in [-0.4, -0.2) is 28.3 Å². The van der Waals surface area contributed by atoms with Crippen molar-refractivity contribution in [3.8, 4) is 0 Å². The van der Waals surface area contributed by atoms with E-state index in [-0.39, 0.29) is 11.7 Å². The zero-order valence-electron chi connectivity index (χ0n) is 19.5. The van der Waals surface area contributed by atoms with Gasteiger partial charge in [0.1, 0.15) is 0 Å². The number of anilines is 3. The molecule has 32 heavy (non-hydrogen) atoms. The first-order chi connectivity index (χ1) is 15.4. The number of piperidine rings is 1. The van der Waals surface area contributed by atoms with Crippen molar-refractivity contribution in [3.63, 3.8) is 0 Å². The van der Waals surface area contributed by atoms with Gasteiger partial charge in [-0.1, -0.05) is 17.7 Å². The second kappa shape index (κ2) is 9.10. The van der Waals surface area contributed by atoms with E-state index < -0.39 is 0 Å². The molecule has 3 aromatic rings. The molecule has 4 rings (SSSR count). The normalized spacial score (nSPS) is 14.1. The number of fused-ring (bicyclic) bond motifs is 1. The van der Waals surface area contributed by atoms with Gasteiger partial charge >= 0.3 is 11.7 Å². The highest BCUT2D eigenvalue weighted by Gasteiger charge is 2.21. The Bertz CT molecular complexity index is 1200. The lowest BCUT2D eigenvalue weighted by atomic mass is 10.1. The Hall–Kier alpha value is -3.22. The van der Waals surface area contributed by atoms with Crippen LogP contribution in [0.25, 0.3) is 11.0 Å². The molecule has 170 valence electrons. The number of hydrogen-bond donors (Lipinski definition) is 2. The molecule has 0 aliphatic carbocycles. The van der Waals surface area contributed by atoms with Crippen LogP contribution >= 0.6 is 0 Å². The smallest absolute Gasteiger partial charge is 0.329 e. The highest BCUT2D eigenvalue weighted by atomic mass is 16.2. The maximum absolute atomic E-state index is 13.0. The average Bonchev–Trinajstić information content (AvgIpc) is 3.05. The van der Waals surface area contributed by atoms with E-state index in [1.54, 1.807) is 4.57 Å². The molecule has 2 aromatic carbocycles. The number of amides is 2. The predicted molar refractivity (Wildman–Crippen MR) is 132 cm³/mol. The van der Waals surface area contributed by atoms with Gasteiger partial charge in [-0.05, 0) is 70.7 Å². The SMILES string of the molecule is CCn1c(=O)n(CC)c2cc(N3CCCCC3)c(NC(=O)Nc3ccc(C)cc3C)cc21. The number of rotatable bonds is 5. The largest absolute Gasteiger partial charge is 0.370 e. The minimum absolute atomic E-state index is 0.00789. The molecular weight excluding hydrogens is 402 g/mol. The van der Waals surface area contributed by atoms with E-state index in [0.29, 0.717) is 13.1 Å².